The number of carbonyl (C=O) groups is 2. The number of carbonyl (C=O) groups excluding carboxylic acids is 2. The SMILES string of the molecule is O=C(c1ccc(F)cc1)N1CCN(CCCCNC(=O)C23CC4CC(CC(C4)C2)C3)CC1. The molecule has 2 amide bonds. The topological polar surface area (TPSA) is 52.7 Å². The Labute approximate surface area is 190 Å². The minimum Gasteiger partial charge on any atom is -0.356 e. The Balaban J connectivity index is 0.988. The van der Waals surface area contributed by atoms with Crippen molar-refractivity contribution in [3.05, 3.63) is 35.6 Å². The zero-order chi connectivity index (χ0) is 22.1. The average molecular weight is 442 g/mol. The van der Waals surface area contributed by atoms with Gasteiger partial charge in [-0.2, -0.15) is 0 Å². The predicted molar refractivity (Wildman–Crippen MR) is 122 cm³/mol. The zero-order valence-electron chi connectivity index (χ0n) is 19.0. The number of rotatable bonds is 7. The van der Waals surface area contributed by atoms with Crippen molar-refractivity contribution < 1.29 is 14.0 Å². The summed E-state index contributed by atoms with van der Waals surface area (Å²) in [6.07, 6.45) is 9.57. The lowest BCUT2D eigenvalue weighted by Crippen LogP contribution is -2.53. The van der Waals surface area contributed by atoms with Gasteiger partial charge in [-0.3, -0.25) is 14.5 Å². The van der Waals surface area contributed by atoms with E-state index >= 15 is 0 Å². The number of halogens is 1. The van der Waals surface area contributed by atoms with E-state index in [0.717, 1.165) is 76.0 Å². The van der Waals surface area contributed by atoms with Gasteiger partial charge in [0.2, 0.25) is 5.91 Å². The van der Waals surface area contributed by atoms with E-state index in [0.29, 0.717) is 24.6 Å². The smallest absolute Gasteiger partial charge is 0.253 e. The molecule has 32 heavy (non-hydrogen) atoms. The fourth-order valence-corrected chi connectivity index (χ4v) is 7.19. The molecule has 0 radical (unpaired) electrons. The summed E-state index contributed by atoms with van der Waals surface area (Å²) in [5, 5.41) is 3.28. The summed E-state index contributed by atoms with van der Waals surface area (Å²) in [4.78, 5) is 29.8. The fraction of sp³-hybridized carbons (Fsp3) is 0.692. The highest BCUT2D eigenvalue weighted by molar-refractivity contribution is 5.94. The van der Waals surface area contributed by atoms with Gasteiger partial charge in [-0.15, -0.1) is 0 Å². The minimum atomic E-state index is -0.319. The number of hydrogen-bond acceptors (Lipinski definition) is 3. The lowest BCUT2D eigenvalue weighted by molar-refractivity contribution is -0.146. The van der Waals surface area contributed by atoms with Crippen molar-refractivity contribution in [3.63, 3.8) is 0 Å². The van der Waals surface area contributed by atoms with Gasteiger partial charge < -0.3 is 10.2 Å². The second kappa shape index (κ2) is 9.12. The Bertz CT molecular complexity index is 797. The summed E-state index contributed by atoms with van der Waals surface area (Å²) < 4.78 is 13.1. The number of hydrogen-bond donors (Lipinski definition) is 1. The minimum absolute atomic E-state index is 0.0166. The standard InChI is InChI=1S/C26H36FN3O2/c27-23-5-3-22(4-6-23)24(31)30-11-9-29(10-12-30)8-2-1-7-28-25(32)26-16-19-13-20(17-26)15-21(14-19)18-26/h3-6,19-21H,1-2,7-18H2,(H,28,32). The van der Waals surface area contributed by atoms with E-state index in [1.165, 1.54) is 31.4 Å². The first-order valence-electron chi connectivity index (χ1n) is 12.6. The average Bonchev–Trinajstić information content (AvgIpc) is 2.78. The largest absolute Gasteiger partial charge is 0.356 e. The molecule has 0 atom stereocenters. The number of unbranched alkanes of at least 4 members (excludes halogenated alkanes) is 1. The van der Waals surface area contributed by atoms with Crippen LogP contribution in [0.1, 0.15) is 61.7 Å². The van der Waals surface area contributed by atoms with Gasteiger partial charge in [0.1, 0.15) is 5.82 Å². The maximum Gasteiger partial charge on any atom is 0.253 e. The summed E-state index contributed by atoms with van der Waals surface area (Å²) in [5.41, 5.74) is 0.511. The molecule has 1 saturated heterocycles. The van der Waals surface area contributed by atoms with Crippen LogP contribution in [0.5, 0.6) is 0 Å². The summed E-state index contributed by atoms with van der Waals surface area (Å²) in [6, 6.07) is 5.79. The lowest BCUT2D eigenvalue weighted by atomic mass is 9.49. The molecule has 1 heterocycles. The van der Waals surface area contributed by atoms with E-state index in [9.17, 15) is 14.0 Å². The molecule has 1 N–H and O–H groups in total. The number of benzene rings is 1. The quantitative estimate of drug-likeness (QED) is 0.657. The third-order valence-electron chi connectivity index (χ3n) is 8.46. The molecule has 5 fully saturated rings. The van der Waals surface area contributed by atoms with Crippen LogP contribution < -0.4 is 5.32 Å². The fourth-order valence-electron chi connectivity index (χ4n) is 7.19. The number of nitrogens with one attached hydrogen (secondary N) is 1. The van der Waals surface area contributed by atoms with E-state index in [2.05, 4.69) is 10.2 Å². The third-order valence-corrected chi connectivity index (χ3v) is 8.46. The van der Waals surface area contributed by atoms with Gasteiger partial charge in [-0.1, -0.05) is 0 Å². The molecule has 1 aromatic carbocycles. The molecule has 6 rings (SSSR count). The molecule has 0 aromatic heterocycles. The second-order valence-electron chi connectivity index (χ2n) is 10.8. The molecule has 4 aliphatic carbocycles. The van der Waals surface area contributed by atoms with Crippen molar-refractivity contribution in [3.8, 4) is 0 Å². The molecule has 174 valence electrons. The van der Waals surface area contributed by atoms with Crippen LogP contribution >= 0.6 is 0 Å². The maximum atomic E-state index is 13.1. The molecule has 4 saturated carbocycles. The van der Waals surface area contributed by atoms with Crippen LogP contribution in [-0.4, -0.2) is 60.9 Å². The van der Waals surface area contributed by atoms with Gasteiger partial charge in [-0.25, -0.2) is 4.39 Å². The van der Waals surface area contributed by atoms with Crippen molar-refractivity contribution in [2.75, 3.05) is 39.3 Å². The van der Waals surface area contributed by atoms with E-state index in [4.69, 9.17) is 0 Å². The molecule has 5 aliphatic rings. The zero-order valence-corrected chi connectivity index (χ0v) is 19.0. The Morgan fingerprint density at radius 1 is 0.906 bits per heavy atom. The van der Waals surface area contributed by atoms with Crippen LogP contribution in [-0.2, 0) is 4.79 Å². The van der Waals surface area contributed by atoms with Crippen molar-refractivity contribution in [1.29, 1.82) is 0 Å². The number of amides is 2. The predicted octanol–water partition coefficient (Wildman–Crippen LogP) is 3.70. The van der Waals surface area contributed by atoms with Gasteiger partial charge in [0.25, 0.3) is 5.91 Å². The van der Waals surface area contributed by atoms with Crippen LogP contribution in [0.4, 0.5) is 4.39 Å². The summed E-state index contributed by atoms with van der Waals surface area (Å²) in [6.45, 7) is 4.94. The summed E-state index contributed by atoms with van der Waals surface area (Å²) in [7, 11) is 0. The third kappa shape index (κ3) is 4.57. The van der Waals surface area contributed by atoms with Crippen LogP contribution in [0.15, 0.2) is 24.3 Å². The van der Waals surface area contributed by atoms with Crippen molar-refractivity contribution >= 4 is 11.8 Å². The van der Waals surface area contributed by atoms with Gasteiger partial charge in [0, 0.05) is 43.7 Å². The van der Waals surface area contributed by atoms with Crippen molar-refractivity contribution in [2.24, 2.45) is 23.2 Å². The van der Waals surface area contributed by atoms with Gasteiger partial charge in [0.05, 0.1) is 0 Å². The normalized spacial score (nSPS) is 31.7. The van der Waals surface area contributed by atoms with Crippen LogP contribution in [0.2, 0.25) is 0 Å². The van der Waals surface area contributed by atoms with E-state index < -0.39 is 0 Å². The Hall–Kier alpha value is -1.95. The molecular formula is C26H36FN3O2. The summed E-state index contributed by atoms with van der Waals surface area (Å²) >= 11 is 0. The van der Waals surface area contributed by atoms with Gasteiger partial charge in [-0.05, 0) is 99.9 Å². The monoisotopic (exact) mass is 441 g/mol. The van der Waals surface area contributed by atoms with Gasteiger partial charge in [0.15, 0.2) is 0 Å². The van der Waals surface area contributed by atoms with E-state index in [1.807, 2.05) is 4.90 Å². The van der Waals surface area contributed by atoms with Crippen molar-refractivity contribution in [2.45, 2.75) is 51.4 Å². The van der Waals surface area contributed by atoms with E-state index in [1.54, 1.807) is 12.1 Å². The Morgan fingerprint density at radius 3 is 2.09 bits per heavy atom. The molecule has 4 bridgehead atoms. The highest BCUT2D eigenvalue weighted by Gasteiger charge is 2.54. The summed E-state index contributed by atoms with van der Waals surface area (Å²) in [5.74, 6) is 2.42. The lowest BCUT2D eigenvalue weighted by Gasteiger charge is -2.55. The maximum absolute atomic E-state index is 13.1. The Morgan fingerprint density at radius 2 is 1.50 bits per heavy atom. The second-order valence-corrected chi connectivity index (χ2v) is 10.8. The van der Waals surface area contributed by atoms with Crippen LogP contribution in [0.3, 0.4) is 0 Å². The van der Waals surface area contributed by atoms with Crippen LogP contribution in [0, 0.1) is 29.0 Å². The first-order chi connectivity index (χ1) is 15.5. The molecule has 1 aliphatic heterocycles. The molecule has 5 nitrogen and oxygen atoms in total. The highest BCUT2D eigenvalue weighted by atomic mass is 19.1. The van der Waals surface area contributed by atoms with Gasteiger partial charge >= 0.3 is 0 Å². The molecule has 0 unspecified atom stereocenters. The first kappa shape index (κ1) is 21.9. The molecule has 1 aromatic rings. The molecule has 0 spiro atoms. The Kier molecular flexibility index (Phi) is 6.24. The van der Waals surface area contributed by atoms with Crippen molar-refractivity contribution in [1.82, 2.24) is 15.1 Å². The highest BCUT2D eigenvalue weighted by Crippen LogP contribution is 2.60. The number of piperazine rings is 1. The first-order valence-corrected chi connectivity index (χ1v) is 12.6. The molecular weight excluding hydrogens is 405 g/mol. The van der Waals surface area contributed by atoms with E-state index in [-0.39, 0.29) is 17.1 Å². The molecule has 6 heteroatoms. The number of nitrogens with zero attached hydrogens (tertiary/aromatic N) is 2. The van der Waals surface area contributed by atoms with Crippen LogP contribution in [0.25, 0.3) is 0 Å².